The van der Waals surface area contributed by atoms with Crippen LogP contribution in [0.5, 0.6) is 0 Å². The Labute approximate surface area is 80.5 Å². The average molecular weight is 190 g/mol. The monoisotopic (exact) mass is 190 g/mol. The maximum absolute atomic E-state index is 9.17. The summed E-state index contributed by atoms with van der Waals surface area (Å²) in [6.07, 6.45) is 2.76. The molecule has 0 amide bonds. The van der Waals surface area contributed by atoms with E-state index in [4.69, 9.17) is 10.6 Å². The van der Waals surface area contributed by atoms with Crippen molar-refractivity contribution in [3.05, 3.63) is 30.0 Å². The number of rotatable bonds is 1. The first kappa shape index (κ1) is 8.55. The summed E-state index contributed by atoms with van der Waals surface area (Å²) in [4.78, 5) is 4.04. The van der Waals surface area contributed by atoms with Crippen molar-refractivity contribution in [1.29, 1.82) is 5.41 Å². The Bertz CT molecular complexity index is 491. The van der Waals surface area contributed by atoms with Crippen LogP contribution in [0.15, 0.2) is 24.7 Å². The van der Waals surface area contributed by atoms with Crippen LogP contribution in [0.2, 0.25) is 0 Å². The van der Waals surface area contributed by atoms with Crippen LogP contribution in [-0.4, -0.2) is 22.0 Å². The van der Waals surface area contributed by atoms with Crippen molar-refractivity contribution in [2.24, 2.45) is 0 Å². The molecular formula is C9H10N4O. The molecule has 0 saturated carbocycles. The number of nitrogens with zero attached hydrogens (tertiary/aromatic N) is 2. The standard InChI is InChI=1S/C9H10N4O/c1-11-8-3-2-7(10)6-4-13(14)5-12-9(6)8/h2-5,10-11,14H,1H3. The SMILES string of the molecule is CNc1ccc(=N)c2cn(O)cnc1-2. The van der Waals surface area contributed by atoms with E-state index in [0.717, 1.165) is 10.4 Å². The molecule has 0 spiro atoms. The molecule has 0 aromatic heterocycles. The molecule has 0 fully saturated rings. The zero-order valence-electron chi connectivity index (χ0n) is 7.65. The van der Waals surface area contributed by atoms with Crippen LogP contribution in [0, 0.1) is 5.41 Å². The molecular weight excluding hydrogens is 180 g/mol. The highest BCUT2D eigenvalue weighted by Gasteiger charge is 2.09. The van der Waals surface area contributed by atoms with Gasteiger partial charge >= 0.3 is 0 Å². The minimum atomic E-state index is 0.343. The van der Waals surface area contributed by atoms with Gasteiger partial charge in [0.2, 0.25) is 0 Å². The zero-order valence-corrected chi connectivity index (χ0v) is 7.65. The van der Waals surface area contributed by atoms with E-state index >= 15 is 0 Å². The van der Waals surface area contributed by atoms with Crippen molar-refractivity contribution >= 4 is 5.69 Å². The van der Waals surface area contributed by atoms with Crippen molar-refractivity contribution in [2.75, 3.05) is 12.4 Å². The van der Waals surface area contributed by atoms with Crippen molar-refractivity contribution < 1.29 is 5.21 Å². The second-order valence-corrected chi connectivity index (χ2v) is 2.93. The highest BCUT2D eigenvalue weighted by Crippen LogP contribution is 2.22. The topological polar surface area (TPSA) is 73.9 Å². The number of nitrogens with one attached hydrogen (secondary N) is 2. The van der Waals surface area contributed by atoms with Gasteiger partial charge in [-0.3, -0.25) is 0 Å². The van der Waals surface area contributed by atoms with E-state index < -0.39 is 0 Å². The molecule has 0 aromatic carbocycles. The fourth-order valence-corrected chi connectivity index (χ4v) is 1.36. The number of hydrogen-bond acceptors (Lipinski definition) is 4. The highest BCUT2D eigenvalue weighted by molar-refractivity contribution is 5.74. The normalized spacial score (nSPS) is 10.4. The van der Waals surface area contributed by atoms with Crippen LogP contribution in [0.3, 0.4) is 0 Å². The first-order chi connectivity index (χ1) is 6.72. The number of fused-ring (bicyclic) bond motifs is 1. The predicted molar refractivity (Wildman–Crippen MR) is 51.4 cm³/mol. The molecule has 1 heterocycles. The van der Waals surface area contributed by atoms with E-state index in [2.05, 4.69) is 10.3 Å². The molecule has 0 aromatic rings. The van der Waals surface area contributed by atoms with Gasteiger partial charge in [-0.05, 0) is 12.1 Å². The Balaban J connectivity index is 2.82. The third-order valence-electron chi connectivity index (χ3n) is 2.05. The third kappa shape index (κ3) is 1.19. The van der Waals surface area contributed by atoms with Gasteiger partial charge in [0.05, 0.1) is 22.9 Å². The summed E-state index contributed by atoms with van der Waals surface area (Å²) in [5.41, 5.74) is 2.14. The molecule has 2 aliphatic rings. The Kier molecular flexibility index (Phi) is 1.85. The molecule has 0 saturated heterocycles. The summed E-state index contributed by atoms with van der Waals surface area (Å²) in [6, 6.07) is 3.45. The van der Waals surface area contributed by atoms with E-state index in [0.29, 0.717) is 16.6 Å². The molecule has 1 aliphatic carbocycles. The minimum Gasteiger partial charge on any atom is -0.428 e. The number of anilines is 1. The highest BCUT2D eigenvalue weighted by atomic mass is 16.5. The lowest BCUT2D eigenvalue weighted by Gasteiger charge is -2.10. The molecule has 1 aliphatic heterocycles. The molecule has 14 heavy (non-hydrogen) atoms. The molecule has 0 radical (unpaired) electrons. The maximum atomic E-state index is 9.17. The molecule has 2 rings (SSSR count). The average Bonchev–Trinajstić information content (AvgIpc) is 2.19. The fourth-order valence-electron chi connectivity index (χ4n) is 1.36. The third-order valence-corrected chi connectivity index (χ3v) is 2.05. The number of benzene rings is 1. The lowest BCUT2D eigenvalue weighted by molar-refractivity contribution is 0.181. The van der Waals surface area contributed by atoms with Crippen LogP contribution in [0.4, 0.5) is 5.69 Å². The quantitative estimate of drug-likeness (QED) is 0.581. The van der Waals surface area contributed by atoms with E-state index in [1.165, 1.54) is 12.5 Å². The Morgan fingerprint density at radius 3 is 3.00 bits per heavy atom. The van der Waals surface area contributed by atoms with Crippen LogP contribution in [0.1, 0.15) is 0 Å². The fraction of sp³-hybridized carbons (Fsp3) is 0.111. The Morgan fingerprint density at radius 1 is 1.50 bits per heavy atom. The second-order valence-electron chi connectivity index (χ2n) is 2.93. The van der Waals surface area contributed by atoms with Gasteiger partial charge in [-0.15, -0.1) is 0 Å². The van der Waals surface area contributed by atoms with E-state index in [9.17, 15) is 0 Å². The van der Waals surface area contributed by atoms with Gasteiger partial charge in [0, 0.05) is 12.6 Å². The molecule has 0 unspecified atom stereocenters. The van der Waals surface area contributed by atoms with Crippen LogP contribution >= 0.6 is 0 Å². The van der Waals surface area contributed by atoms with Gasteiger partial charge in [0.15, 0.2) is 0 Å². The predicted octanol–water partition coefficient (Wildman–Crippen LogP) is 0.746. The summed E-state index contributed by atoms with van der Waals surface area (Å²) in [6.45, 7) is 0. The maximum Gasteiger partial charge on any atom is 0.132 e. The number of aromatic nitrogens is 2. The minimum absolute atomic E-state index is 0.343. The summed E-state index contributed by atoms with van der Waals surface area (Å²) in [7, 11) is 1.79. The smallest absolute Gasteiger partial charge is 0.132 e. The largest absolute Gasteiger partial charge is 0.428 e. The van der Waals surface area contributed by atoms with E-state index in [1.54, 1.807) is 19.2 Å². The first-order valence-electron chi connectivity index (χ1n) is 4.15. The van der Waals surface area contributed by atoms with Gasteiger partial charge in [-0.25, -0.2) is 4.98 Å². The molecule has 3 N–H and O–H groups in total. The Morgan fingerprint density at radius 2 is 2.29 bits per heavy atom. The summed E-state index contributed by atoms with van der Waals surface area (Å²) in [5, 5.41) is 20.1. The van der Waals surface area contributed by atoms with Crippen LogP contribution < -0.4 is 10.7 Å². The summed E-state index contributed by atoms with van der Waals surface area (Å²) in [5.74, 6) is 0. The van der Waals surface area contributed by atoms with Gasteiger partial charge in [-0.1, -0.05) is 0 Å². The number of hydrogen-bond donors (Lipinski definition) is 3. The van der Waals surface area contributed by atoms with Crippen LogP contribution in [-0.2, 0) is 0 Å². The molecule has 0 bridgehead atoms. The zero-order chi connectivity index (χ0) is 10.1. The lowest BCUT2D eigenvalue weighted by Crippen LogP contribution is -2.11. The van der Waals surface area contributed by atoms with E-state index in [-0.39, 0.29) is 0 Å². The molecule has 5 nitrogen and oxygen atoms in total. The van der Waals surface area contributed by atoms with Crippen molar-refractivity contribution in [3.8, 4) is 11.3 Å². The van der Waals surface area contributed by atoms with Gasteiger partial charge in [0.25, 0.3) is 0 Å². The van der Waals surface area contributed by atoms with Gasteiger partial charge in [0.1, 0.15) is 6.33 Å². The van der Waals surface area contributed by atoms with Crippen molar-refractivity contribution in [2.45, 2.75) is 0 Å². The van der Waals surface area contributed by atoms with Gasteiger partial charge < -0.3 is 15.9 Å². The first-order valence-corrected chi connectivity index (χ1v) is 4.15. The second kappa shape index (κ2) is 3.02. The van der Waals surface area contributed by atoms with Crippen molar-refractivity contribution in [3.63, 3.8) is 0 Å². The van der Waals surface area contributed by atoms with Crippen molar-refractivity contribution in [1.82, 2.24) is 9.71 Å². The summed E-state index contributed by atoms with van der Waals surface area (Å²) < 4.78 is 0.847. The molecule has 0 atom stereocenters. The lowest BCUT2D eigenvalue weighted by atomic mass is 10.1. The molecule has 5 heteroatoms. The summed E-state index contributed by atoms with van der Waals surface area (Å²) >= 11 is 0. The molecule has 72 valence electrons. The van der Waals surface area contributed by atoms with Gasteiger partial charge in [-0.2, -0.15) is 4.73 Å². The van der Waals surface area contributed by atoms with Crippen LogP contribution in [0.25, 0.3) is 11.3 Å². The van der Waals surface area contributed by atoms with E-state index in [1.807, 2.05) is 0 Å². The Hall–Kier alpha value is -2.04.